The van der Waals surface area contributed by atoms with Crippen LogP contribution in [0.2, 0.25) is 0 Å². The van der Waals surface area contributed by atoms with Crippen molar-refractivity contribution < 1.29 is 23.4 Å². The molecule has 1 aromatic carbocycles. The van der Waals surface area contributed by atoms with Crippen LogP contribution in [0.15, 0.2) is 18.2 Å². The van der Waals surface area contributed by atoms with Gasteiger partial charge in [0.2, 0.25) is 0 Å². The van der Waals surface area contributed by atoms with Crippen molar-refractivity contribution in [3.05, 3.63) is 23.8 Å². The largest absolute Gasteiger partial charge is 0.493 e. The van der Waals surface area contributed by atoms with Crippen molar-refractivity contribution >= 4 is 0 Å². The summed E-state index contributed by atoms with van der Waals surface area (Å²) in [6, 6.07) is 3.63. The van der Waals surface area contributed by atoms with Gasteiger partial charge in [0.05, 0.1) is 13.7 Å². The third kappa shape index (κ3) is 4.10. The zero-order chi connectivity index (χ0) is 16.9. The Morgan fingerprint density at radius 1 is 1.30 bits per heavy atom. The standard InChI is InChI=1S/C16H24F2N2O3/c1-3-23-13-5-4-12(10-14(13)22-2)15(16(17,18)11-21)20-8-6-19-7-9-20/h4-5,10,15,19,21H,3,6-9,11H2,1-2H3/t15-/m0/s1. The minimum Gasteiger partial charge on any atom is -0.493 e. The number of methoxy groups -OCH3 is 1. The SMILES string of the molecule is CCOc1ccc([C@H](N2CCNCC2)C(F)(F)CO)cc1OC. The van der Waals surface area contributed by atoms with Crippen LogP contribution in [0.5, 0.6) is 11.5 Å². The minimum absolute atomic E-state index is 0.409. The van der Waals surface area contributed by atoms with Gasteiger partial charge in [-0.25, -0.2) is 8.78 Å². The summed E-state index contributed by atoms with van der Waals surface area (Å²) in [6.07, 6.45) is 0. The number of nitrogens with zero attached hydrogens (tertiary/aromatic N) is 1. The van der Waals surface area contributed by atoms with E-state index in [2.05, 4.69) is 5.32 Å². The van der Waals surface area contributed by atoms with Crippen molar-refractivity contribution in [1.29, 1.82) is 0 Å². The number of rotatable bonds is 7. The monoisotopic (exact) mass is 330 g/mol. The van der Waals surface area contributed by atoms with Gasteiger partial charge in [-0.2, -0.15) is 0 Å². The lowest BCUT2D eigenvalue weighted by Crippen LogP contribution is -2.51. The maximum atomic E-state index is 14.4. The van der Waals surface area contributed by atoms with Gasteiger partial charge >= 0.3 is 0 Å². The number of piperazine rings is 1. The number of nitrogens with one attached hydrogen (secondary N) is 1. The Kier molecular flexibility index (Phi) is 6.15. The Morgan fingerprint density at radius 2 is 2.00 bits per heavy atom. The number of benzene rings is 1. The molecule has 0 saturated carbocycles. The Morgan fingerprint density at radius 3 is 2.57 bits per heavy atom. The van der Waals surface area contributed by atoms with E-state index in [1.165, 1.54) is 7.11 Å². The van der Waals surface area contributed by atoms with Crippen LogP contribution in [0.1, 0.15) is 18.5 Å². The zero-order valence-electron chi connectivity index (χ0n) is 13.5. The normalized spacial score (nSPS) is 17.8. The first kappa shape index (κ1) is 17.9. The van der Waals surface area contributed by atoms with Gasteiger partial charge in [-0.05, 0) is 24.6 Å². The van der Waals surface area contributed by atoms with Gasteiger partial charge in [0, 0.05) is 26.2 Å². The van der Waals surface area contributed by atoms with Gasteiger partial charge in [-0.3, -0.25) is 4.90 Å². The van der Waals surface area contributed by atoms with Gasteiger partial charge in [0.1, 0.15) is 12.6 Å². The van der Waals surface area contributed by atoms with Gasteiger partial charge in [0.15, 0.2) is 11.5 Å². The van der Waals surface area contributed by atoms with Crippen LogP contribution in [0, 0.1) is 0 Å². The first-order valence-electron chi connectivity index (χ1n) is 7.77. The number of aliphatic hydroxyl groups is 1. The Labute approximate surface area is 135 Å². The molecule has 5 nitrogen and oxygen atoms in total. The summed E-state index contributed by atoms with van der Waals surface area (Å²) < 4.78 is 39.5. The summed E-state index contributed by atoms with van der Waals surface area (Å²) in [5.41, 5.74) is 0.409. The number of halogens is 2. The Hall–Kier alpha value is -1.44. The topological polar surface area (TPSA) is 54.0 Å². The van der Waals surface area contributed by atoms with Crippen LogP contribution in [0.4, 0.5) is 8.78 Å². The molecular weight excluding hydrogens is 306 g/mol. The Balaban J connectivity index is 2.38. The van der Waals surface area contributed by atoms with Crippen molar-refractivity contribution in [1.82, 2.24) is 10.2 Å². The molecule has 0 spiro atoms. The molecule has 1 fully saturated rings. The highest BCUT2D eigenvalue weighted by molar-refractivity contribution is 5.44. The van der Waals surface area contributed by atoms with Crippen LogP contribution in [0.3, 0.4) is 0 Å². The summed E-state index contributed by atoms with van der Waals surface area (Å²) in [5, 5.41) is 12.3. The van der Waals surface area contributed by atoms with E-state index in [9.17, 15) is 13.9 Å². The first-order chi connectivity index (χ1) is 11.0. The number of alkyl halides is 2. The van der Waals surface area contributed by atoms with E-state index in [0.29, 0.717) is 49.8 Å². The number of ether oxygens (including phenoxy) is 2. The van der Waals surface area contributed by atoms with Gasteiger partial charge in [0.25, 0.3) is 5.92 Å². The van der Waals surface area contributed by atoms with E-state index in [0.717, 1.165) is 0 Å². The summed E-state index contributed by atoms with van der Waals surface area (Å²) in [4.78, 5) is 1.70. The second-order valence-corrected chi connectivity index (χ2v) is 5.45. The maximum Gasteiger partial charge on any atom is 0.289 e. The summed E-state index contributed by atoms with van der Waals surface area (Å²) >= 11 is 0. The molecule has 0 aliphatic carbocycles. The van der Waals surface area contributed by atoms with Crippen LogP contribution in [-0.4, -0.2) is 62.4 Å². The summed E-state index contributed by atoms with van der Waals surface area (Å²) in [5.74, 6) is -2.31. The van der Waals surface area contributed by atoms with Crippen molar-refractivity contribution in [3.63, 3.8) is 0 Å². The molecule has 0 amide bonds. The number of hydrogen-bond acceptors (Lipinski definition) is 5. The average molecular weight is 330 g/mol. The maximum absolute atomic E-state index is 14.4. The smallest absolute Gasteiger partial charge is 0.289 e. The molecule has 7 heteroatoms. The predicted octanol–water partition coefficient (Wildman–Crippen LogP) is 1.67. The van der Waals surface area contributed by atoms with E-state index in [1.54, 1.807) is 23.1 Å². The highest BCUT2D eigenvalue weighted by Gasteiger charge is 2.44. The highest BCUT2D eigenvalue weighted by atomic mass is 19.3. The number of hydrogen-bond donors (Lipinski definition) is 2. The molecule has 2 N–H and O–H groups in total. The molecule has 0 bridgehead atoms. The predicted molar refractivity (Wildman–Crippen MR) is 83.4 cm³/mol. The zero-order valence-corrected chi connectivity index (χ0v) is 13.5. The van der Waals surface area contributed by atoms with E-state index in [-0.39, 0.29) is 0 Å². The van der Waals surface area contributed by atoms with E-state index < -0.39 is 18.6 Å². The second kappa shape index (κ2) is 7.90. The molecule has 0 unspecified atom stereocenters. The summed E-state index contributed by atoms with van der Waals surface area (Å²) in [7, 11) is 1.48. The lowest BCUT2D eigenvalue weighted by Gasteiger charge is -2.38. The fraction of sp³-hybridized carbons (Fsp3) is 0.625. The van der Waals surface area contributed by atoms with Crippen molar-refractivity contribution in [3.8, 4) is 11.5 Å². The minimum atomic E-state index is -3.24. The fourth-order valence-electron chi connectivity index (χ4n) is 2.88. The van der Waals surface area contributed by atoms with Gasteiger partial charge < -0.3 is 19.9 Å². The van der Waals surface area contributed by atoms with Crippen molar-refractivity contribution in [2.75, 3.05) is 46.5 Å². The van der Waals surface area contributed by atoms with Crippen LogP contribution in [-0.2, 0) is 0 Å². The molecule has 1 atom stereocenters. The van der Waals surface area contributed by atoms with E-state index in [4.69, 9.17) is 9.47 Å². The van der Waals surface area contributed by atoms with E-state index in [1.807, 2.05) is 6.92 Å². The van der Waals surface area contributed by atoms with Crippen molar-refractivity contribution in [2.24, 2.45) is 0 Å². The van der Waals surface area contributed by atoms with Crippen LogP contribution in [0.25, 0.3) is 0 Å². The third-order valence-electron chi connectivity index (χ3n) is 3.93. The van der Waals surface area contributed by atoms with Crippen LogP contribution >= 0.6 is 0 Å². The lowest BCUT2D eigenvalue weighted by atomic mass is 9.97. The molecule has 1 heterocycles. The molecule has 0 radical (unpaired) electrons. The van der Waals surface area contributed by atoms with Gasteiger partial charge in [-0.1, -0.05) is 6.07 Å². The second-order valence-electron chi connectivity index (χ2n) is 5.45. The molecule has 1 saturated heterocycles. The molecule has 23 heavy (non-hydrogen) atoms. The molecule has 1 aliphatic rings. The lowest BCUT2D eigenvalue weighted by molar-refractivity contribution is -0.118. The first-order valence-corrected chi connectivity index (χ1v) is 7.77. The quantitative estimate of drug-likeness (QED) is 0.796. The number of aliphatic hydroxyl groups excluding tert-OH is 1. The Bertz CT molecular complexity index is 508. The average Bonchev–Trinajstić information content (AvgIpc) is 2.57. The molecule has 1 aliphatic heterocycles. The fourth-order valence-corrected chi connectivity index (χ4v) is 2.88. The van der Waals surface area contributed by atoms with Crippen LogP contribution < -0.4 is 14.8 Å². The highest BCUT2D eigenvalue weighted by Crippen LogP contribution is 2.39. The van der Waals surface area contributed by atoms with Gasteiger partial charge in [-0.15, -0.1) is 0 Å². The molecular formula is C16H24F2N2O3. The summed E-state index contributed by atoms with van der Waals surface area (Å²) in [6.45, 7) is 3.39. The molecule has 1 aromatic rings. The molecule has 130 valence electrons. The molecule has 2 rings (SSSR count). The molecule has 0 aromatic heterocycles. The third-order valence-corrected chi connectivity index (χ3v) is 3.93. The van der Waals surface area contributed by atoms with Crippen molar-refractivity contribution in [2.45, 2.75) is 18.9 Å². The van der Waals surface area contributed by atoms with E-state index >= 15 is 0 Å².